The molecule has 2 aromatic rings. The molecule has 8 nitrogen and oxygen atoms in total. The summed E-state index contributed by atoms with van der Waals surface area (Å²) in [6.45, 7) is 10.2. The first-order chi connectivity index (χ1) is 16.6. The normalized spacial score (nSPS) is 17.6. The van der Waals surface area contributed by atoms with Gasteiger partial charge in [-0.1, -0.05) is 48.6 Å². The summed E-state index contributed by atoms with van der Waals surface area (Å²) in [5, 5.41) is 21.2. The second kappa shape index (κ2) is 12.0. The van der Waals surface area contributed by atoms with Crippen LogP contribution in [-0.2, 0) is 10.3 Å². The first-order valence-corrected chi connectivity index (χ1v) is 12.7. The number of ketones is 1. The summed E-state index contributed by atoms with van der Waals surface area (Å²) in [7, 11) is 0. The number of hydrogen-bond donors (Lipinski definition) is 3. The Morgan fingerprint density at radius 1 is 1.31 bits per heavy atom. The third-order valence-electron chi connectivity index (χ3n) is 6.17. The van der Waals surface area contributed by atoms with Gasteiger partial charge in [0, 0.05) is 31.6 Å². The van der Waals surface area contributed by atoms with Gasteiger partial charge in [-0.05, 0) is 37.8 Å². The zero-order valence-corrected chi connectivity index (χ0v) is 21.7. The number of benzene rings is 1. The van der Waals surface area contributed by atoms with Crippen LogP contribution in [0.5, 0.6) is 0 Å². The van der Waals surface area contributed by atoms with Gasteiger partial charge >= 0.3 is 0 Å². The Morgan fingerprint density at radius 3 is 2.54 bits per heavy atom. The van der Waals surface area contributed by atoms with E-state index in [4.69, 9.17) is 10.5 Å². The molecule has 2 unspecified atom stereocenters. The quantitative estimate of drug-likeness (QED) is 0.259. The highest BCUT2D eigenvalue weighted by Crippen LogP contribution is 2.35. The number of Topliss-reactive ketones (excluding diaryl/α,β-unsaturated/α-hetero) is 1. The van der Waals surface area contributed by atoms with Crippen LogP contribution < -0.4 is 5.73 Å². The van der Waals surface area contributed by atoms with Gasteiger partial charge in [-0.15, -0.1) is 0 Å². The second-order valence-electron chi connectivity index (χ2n) is 9.42. The number of amidine groups is 1. The minimum atomic E-state index is -0.931. The molecule has 0 spiro atoms. The SMILES string of the molecule is CC(=O)c1nc(-c2ccc(C(C)(C)O)cc2)sc1N=C(N)/C=C\CC(C)C(CO)N1CCOCC1. The summed E-state index contributed by atoms with van der Waals surface area (Å²) in [6, 6.07) is 7.52. The summed E-state index contributed by atoms with van der Waals surface area (Å²) in [5.41, 5.74) is 7.15. The molecule has 0 radical (unpaired) electrons. The van der Waals surface area contributed by atoms with Gasteiger partial charge in [-0.2, -0.15) is 0 Å². The number of carbonyl (C=O) groups excluding carboxylic acids is 1. The lowest BCUT2D eigenvalue weighted by Gasteiger charge is -2.36. The summed E-state index contributed by atoms with van der Waals surface area (Å²) >= 11 is 1.30. The Kier molecular flexibility index (Phi) is 9.32. The number of nitrogens with two attached hydrogens (primary N) is 1. The Labute approximate surface area is 211 Å². The van der Waals surface area contributed by atoms with Gasteiger partial charge in [0.05, 0.1) is 25.4 Å². The fourth-order valence-electron chi connectivity index (χ4n) is 4.04. The van der Waals surface area contributed by atoms with E-state index >= 15 is 0 Å². The largest absolute Gasteiger partial charge is 0.395 e. The Hall–Kier alpha value is -2.43. The van der Waals surface area contributed by atoms with Crippen molar-refractivity contribution in [3.8, 4) is 10.6 Å². The topological polar surface area (TPSA) is 121 Å². The van der Waals surface area contributed by atoms with Gasteiger partial charge in [-0.3, -0.25) is 9.69 Å². The number of allylic oxidation sites excluding steroid dienone is 1. The van der Waals surface area contributed by atoms with Crippen LogP contribution in [0.4, 0.5) is 5.00 Å². The van der Waals surface area contributed by atoms with Gasteiger partial charge in [-0.25, -0.2) is 9.98 Å². The van der Waals surface area contributed by atoms with Gasteiger partial charge in [0.15, 0.2) is 5.78 Å². The Balaban J connectivity index is 1.72. The average Bonchev–Trinajstić information content (AvgIpc) is 3.24. The maximum absolute atomic E-state index is 12.2. The zero-order valence-electron chi connectivity index (χ0n) is 20.9. The number of ether oxygens (including phenoxy) is 1. The van der Waals surface area contributed by atoms with E-state index in [-0.39, 0.29) is 30.0 Å². The van der Waals surface area contributed by atoms with Crippen LogP contribution in [0.15, 0.2) is 41.4 Å². The predicted octanol–water partition coefficient (Wildman–Crippen LogP) is 3.50. The van der Waals surface area contributed by atoms with Crippen LogP contribution in [0.2, 0.25) is 0 Å². The van der Waals surface area contributed by atoms with Crippen LogP contribution in [-0.4, -0.2) is 70.7 Å². The van der Waals surface area contributed by atoms with E-state index in [0.29, 0.717) is 29.1 Å². The van der Waals surface area contributed by atoms with Crippen molar-refractivity contribution in [2.45, 2.75) is 45.8 Å². The monoisotopic (exact) mass is 500 g/mol. The highest BCUT2D eigenvalue weighted by molar-refractivity contribution is 7.19. The zero-order chi connectivity index (χ0) is 25.6. The lowest BCUT2D eigenvalue weighted by atomic mass is 9.96. The van der Waals surface area contributed by atoms with E-state index < -0.39 is 5.60 Å². The molecule has 1 fully saturated rings. The average molecular weight is 501 g/mol. The number of aromatic nitrogens is 1. The van der Waals surface area contributed by atoms with Crippen molar-refractivity contribution < 1.29 is 19.7 Å². The standard InChI is InChI=1S/C26H36N4O4S/c1-17(21(16-31)30-12-14-34-15-13-30)6-5-7-22(27)28-25-23(18(2)32)29-24(35-25)19-8-10-20(11-9-19)26(3,4)33/h5,7-11,17,21,31,33H,6,12-16H2,1-4H3,(H2,27,28)/b7-5-. The molecule has 35 heavy (non-hydrogen) atoms. The number of rotatable bonds is 10. The highest BCUT2D eigenvalue weighted by Gasteiger charge is 2.24. The number of aliphatic hydroxyl groups excluding tert-OH is 1. The third kappa shape index (κ3) is 7.28. The highest BCUT2D eigenvalue weighted by atomic mass is 32.1. The number of hydrogen-bond acceptors (Lipinski definition) is 8. The van der Waals surface area contributed by atoms with Crippen LogP contribution in [0, 0.1) is 5.92 Å². The minimum Gasteiger partial charge on any atom is -0.395 e. The summed E-state index contributed by atoms with van der Waals surface area (Å²) in [6.07, 6.45) is 4.43. The Morgan fingerprint density at radius 2 is 1.97 bits per heavy atom. The molecule has 1 aliphatic rings. The minimum absolute atomic E-state index is 0.0675. The maximum Gasteiger partial charge on any atom is 0.181 e. The molecule has 0 aliphatic carbocycles. The molecule has 9 heteroatoms. The van der Waals surface area contributed by atoms with Crippen molar-refractivity contribution in [1.29, 1.82) is 0 Å². The van der Waals surface area contributed by atoms with Gasteiger partial charge in [0.1, 0.15) is 21.5 Å². The summed E-state index contributed by atoms with van der Waals surface area (Å²) in [4.78, 5) is 23.4. The van der Waals surface area contributed by atoms with E-state index in [1.807, 2.05) is 30.3 Å². The lowest BCUT2D eigenvalue weighted by molar-refractivity contribution is -0.0107. The number of morpholine rings is 1. The molecule has 1 aromatic carbocycles. The van der Waals surface area contributed by atoms with Crippen molar-refractivity contribution in [3.63, 3.8) is 0 Å². The van der Waals surface area contributed by atoms with Crippen LogP contribution in [0.25, 0.3) is 10.6 Å². The van der Waals surface area contributed by atoms with Crippen molar-refractivity contribution in [3.05, 3.63) is 47.7 Å². The summed E-state index contributed by atoms with van der Waals surface area (Å²) < 4.78 is 5.41. The van der Waals surface area contributed by atoms with Crippen molar-refractivity contribution >= 4 is 28.0 Å². The van der Waals surface area contributed by atoms with Gasteiger partial charge in [0.2, 0.25) is 0 Å². The number of thiazole rings is 1. The van der Waals surface area contributed by atoms with Crippen molar-refractivity contribution in [1.82, 2.24) is 9.88 Å². The molecule has 1 aromatic heterocycles. The lowest BCUT2D eigenvalue weighted by Crippen LogP contribution is -2.48. The molecular weight excluding hydrogens is 464 g/mol. The smallest absolute Gasteiger partial charge is 0.181 e. The van der Waals surface area contributed by atoms with Gasteiger partial charge < -0.3 is 20.7 Å². The van der Waals surface area contributed by atoms with Crippen molar-refractivity contribution in [2.24, 2.45) is 16.6 Å². The van der Waals surface area contributed by atoms with E-state index in [9.17, 15) is 15.0 Å². The number of aliphatic imine (C=N–C) groups is 1. The molecule has 0 saturated carbocycles. The number of carbonyl (C=O) groups is 1. The first-order valence-electron chi connectivity index (χ1n) is 11.9. The molecule has 0 amide bonds. The fraction of sp³-hybridized carbons (Fsp3) is 0.500. The molecule has 1 aliphatic heterocycles. The van der Waals surface area contributed by atoms with E-state index in [1.165, 1.54) is 18.3 Å². The van der Waals surface area contributed by atoms with E-state index in [2.05, 4.69) is 21.8 Å². The first kappa shape index (κ1) is 27.2. The molecule has 4 N–H and O–H groups in total. The van der Waals surface area contributed by atoms with E-state index in [0.717, 1.165) is 30.6 Å². The van der Waals surface area contributed by atoms with Gasteiger partial charge in [0.25, 0.3) is 0 Å². The molecule has 0 bridgehead atoms. The third-order valence-corrected chi connectivity index (χ3v) is 7.17. The molecule has 190 valence electrons. The summed E-state index contributed by atoms with van der Waals surface area (Å²) in [5.74, 6) is 0.345. The Bertz CT molecular complexity index is 1050. The fourth-order valence-corrected chi connectivity index (χ4v) is 5.05. The molecule has 2 atom stereocenters. The van der Waals surface area contributed by atoms with E-state index in [1.54, 1.807) is 19.9 Å². The van der Waals surface area contributed by atoms with Crippen molar-refractivity contribution in [2.75, 3.05) is 32.9 Å². The molecule has 1 saturated heterocycles. The molecule has 2 heterocycles. The molecule has 3 rings (SSSR count). The predicted molar refractivity (Wildman–Crippen MR) is 140 cm³/mol. The molecular formula is C26H36N4O4S. The van der Waals surface area contributed by atoms with Crippen LogP contribution in [0.3, 0.4) is 0 Å². The maximum atomic E-state index is 12.2. The van der Waals surface area contributed by atoms with Crippen LogP contribution in [0.1, 0.15) is 50.2 Å². The van der Waals surface area contributed by atoms with Crippen LogP contribution >= 0.6 is 11.3 Å². The second-order valence-corrected chi connectivity index (χ2v) is 10.4. The number of aliphatic hydroxyl groups is 2. The number of nitrogens with zero attached hydrogens (tertiary/aromatic N) is 3.